The molecule has 1 amide bonds. The van der Waals surface area contributed by atoms with E-state index in [4.69, 9.17) is 0 Å². The first-order valence-electron chi connectivity index (χ1n) is 3.61. The highest BCUT2D eigenvalue weighted by Gasteiger charge is 2.06. The topological polar surface area (TPSA) is 46.2 Å². The van der Waals surface area contributed by atoms with Gasteiger partial charge in [0, 0.05) is 21.7 Å². The van der Waals surface area contributed by atoms with Crippen molar-refractivity contribution in [2.75, 3.05) is 0 Å². The van der Waals surface area contributed by atoms with Crippen LogP contribution in [0.25, 0.3) is 0 Å². The lowest BCUT2D eigenvalue weighted by Crippen LogP contribution is -2.28. The van der Waals surface area contributed by atoms with Crippen molar-refractivity contribution >= 4 is 39.0 Å². The van der Waals surface area contributed by atoms with Gasteiger partial charge in [0.1, 0.15) is 0 Å². The average molecular weight is 262 g/mol. The fraction of sp³-hybridized carbons (Fsp3) is 0.250. The number of nitrogens with one attached hydrogen (secondary N) is 1. The van der Waals surface area contributed by atoms with Crippen molar-refractivity contribution in [3.63, 3.8) is 0 Å². The highest BCUT2D eigenvalue weighted by atomic mass is 79.9. The Kier molecular flexibility index (Phi) is 3.62. The Hall–Kier alpha value is -0.680. The molecule has 0 bridgehead atoms. The van der Waals surface area contributed by atoms with Crippen LogP contribution in [0, 0.1) is 0 Å². The number of amides is 1. The van der Waals surface area contributed by atoms with Crippen LogP contribution in [0.4, 0.5) is 0 Å². The van der Waals surface area contributed by atoms with E-state index in [0.717, 1.165) is 9.35 Å². The van der Waals surface area contributed by atoms with Crippen LogP contribution in [0.1, 0.15) is 11.8 Å². The summed E-state index contributed by atoms with van der Waals surface area (Å²) in [6, 6.07) is 1.91. The highest BCUT2D eigenvalue weighted by Crippen LogP contribution is 2.19. The molecule has 0 fully saturated rings. The molecule has 1 rings (SSSR count). The molecule has 0 aromatic carbocycles. The number of hydrogen-bond donors (Lipinski definition) is 1. The SMILES string of the molecule is CC(=O)C(=O)NCc1cc(Br)cs1. The van der Waals surface area contributed by atoms with Crippen LogP contribution >= 0.6 is 27.3 Å². The standard InChI is InChI=1S/C8H8BrNO2S/c1-5(11)8(12)10-3-7-2-6(9)4-13-7/h2,4H,3H2,1H3,(H,10,12). The third-order valence-corrected chi connectivity index (χ3v) is 3.06. The number of carbonyl (C=O) groups excluding carboxylic acids is 2. The first-order valence-corrected chi connectivity index (χ1v) is 5.28. The Morgan fingerprint density at radius 2 is 2.31 bits per heavy atom. The number of carbonyl (C=O) groups is 2. The molecule has 0 aliphatic heterocycles. The molecule has 13 heavy (non-hydrogen) atoms. The van der Waals surface area contributed by atoms with Crippen LogP contribution in [-0.2, 0) is 16.1 Å². The number of rotatable bonds is 3. The van der Waals surface area contributed by atoms with E-state index in [1.165, 1.54) is 18.3 Å². The van der Waals surface area contributed by atoms with Crippen molar-refractivity contribution in [1.29, 1.82) is 0 Å². The summed E-state index contributed by atoms with van der Waals surface area (Å²) in [5.74, 6) is -1.000. The van der Waals surface area contributed by atoms with E-state index in [0.29, 0.717) is 6.54 Å². The second kappa shape index (κ2) is 4.53. The quantitative estimate of drug-likeness (QED) is 0.843. The van der Waals surface area contributed by atoms with E-state index < -0.39 is 11.7 Å². The summed E-state index contributed by atoms with van der Waals surface area (Å²) >= 11 is 4.83. The Morgan fingerprint density at radius 1 is 1.62 bits per heavy atom. The van der Waals surface area contributed by atoms with Gasteiger partial charge in [-0.25, -0.2) is 0 Å². The van der Waals surface area contributed by atoms with Gasteiger partial charge in [0.25, 0.3) is 5.91 Å². The maximum Gasteiger partial charge on any atom is 0.287 e. The zero-order valence-corrected chi connectivity index (χ0v) is 9.37. The molecule has 0 atom stereocenters. The first-order chi connectivity index (χ1) is 6.09. The minimum atomic E-state index is -0.537. The molecular formula is C8H8BrNO2S. The molecule has 0 aliphatic rings. The largest absolute Gasteiger partial charge is 0.345 e. The average Bonchev–Trinajstić information content (AvgIpc) is 2.47. The molecule has 0 aliphatic carbocycles. The van der Waals surface area contributed by atoms with E-state index in [9.17, 15) is 9.59 Å². The molecule has 1 N–H and O–H groups in total. The number of hydrogen-bond acceptors (Lipinski definition) is 3. The van der Waals surface area contributed by atoms with Crippen molar-refractivity contribution in [2.45, 2.75) is 13.5 Å². The van der Waals surface area contributed by atoms with Gasteiger partial charge in [0.2, 0.25) is 5.78 Å². The maximum atomic E-state index is 10.9. The maximum absolute atomic E-state index is 10.9. The number of thiophene rings is 1. The lowest BCUT2D eigenvalue weighted by atomic mass is 10.4. The highest BCUT2D eigenvalue weighted by molar-refractivity contribution is 9.10. The summed E-state index contributed by atoms with van der Waals surface area (Å²) in [5.41, 5.74) is 0. The van der Waals surface area contributed by atoms with Gasteiger partial charge in [-0.1, -0.05) is 0 Å². The molecule has 0 saturated heterocycles. The van der Waals surface area contributed by atoms with Crippen LogP contribution in [0.2, 0.25) is 0 Å². The van der Waals surface area contributed by atoms with Gasteiger partial charge in [-0.05, 0) is 22.0 Å². The Bertz CT molecular complexity index is 335. The van der Waals surface area contributed by atoms with E-state index in [2.05, 4.69) is 21.2 Å². The number of Topliss-reactive ketones (excluding diaryl/α,β-unsaturated/α-hetero) is 1. The molecule has 1 aromatic rings. The fourth-order valence-corrected chi connectivity index (χ4v) is 2.13. The molecule has 5 heteroatoms. The molecule has 1 aromatic heterocycles. The van der Waals surface area contributed by atoms with Gasteiger partial charge in [0.05, 0.1) is 6.54 Å². The second-order valence-corrected chi connectivity index (χ2v) is 4.38. The molecule has 0 saturated carbocycles. The third-order valence-electron chi connectivity index (χ3n) is 1.36. The van der Waals surface area contributed by atoms with Gasteiger partial charge in [0.15, 0.2) is 0 Å². The van der Waals surface area contributed by atoms with Gasteiger partial charge in [-0.15, -0.1) is 11.3 Å². The van der Waals surface area contributed by atoms with Crippen molar-refractivity contribution in [3.8, 4) is 0 Å². The third kappa shape index (κ3) is 3.28. The summed E-state index contributed by atoms with van der Waals surface area (Å²) in [6.07, 6.45) is 0. The Morgan fingerprint density at radius 3 is 2.77 bits per heavy atom. The van der Waals surface area contributed by atoms with Crippen molar-refractivity contribution in [2.24, 2.45) is 0 Å². The van der Waals surface area contributed by atoms with Crippen molar-refractivity contribution in [3.05, 3.63) is 20.8 Å². The predicted molar refractivity (Wildman–Crippen MR) is 54.5 cm³/mol. The smallest absolute Gasteiger partial charge is 0.287 e. The summed E-state index contributed by atoms with van der Waals surface area (Å²) in [5, 5.41) is 4.44. The summed E-state index contributed by atoms with van der Waals surface area (Å²) < 4.78 is 0.990. The molecule has 0 unspecified atom stereocenters. The molecule has 0 radical (unpaired) electrons. The van der Waals surface area contributed by atoms with E-state index in [1.807, 2.05) is 11.4 Å². The molecular weight excluding hydrogens is 254 g/mol. The zero-order valence-electron chi connectivity index (χ0n) is 6.96. The predicted octanol–water partition coefficient (Wildman–Crippen LogP) is 1.72. The Balaban J connectivity index is 2.44. The molecule has 3 nitrogen and oxygen atoms in total. The monoisotopic (exact) mass is 261 g/mol. The summed E-state index contributed by atoms with van der Waals surface area (Å²) in [6.45, 7) is 1.66. The van der Waals surface area contributed by atoms with E-state index in [1.54, 1.807) is 0 Å². The Labute approximate surface area is 88.3 Å². The van der Waals surface area contributed by atoms with Crippen molar-refractivity contribution in [1.82, 2.24) is 5.32 Å². The van der Waals surface area contributed by atoms with Crippen LogP contribution in [0.15, 0.2) is 15.9 Å². The normalized spacial score (nSPS) is 9.69. The van der Waals surface area contributed by atoms with Crippen LogP contribution in [0.5, 0.6) is 0 Å². The number of ketones is 1. The minimum absolute atomic E-state index is 0.411. The summed E-state index contributed by atoms with van der Waals surface area (Å²) in [4.78, 5) is 22.4. The fourth-order valence-electron chi connectivity index (χ4n) is 0.738. The number of halogens is 1. The lowest BCUT2D eigenvalue weighted by Gasteiger charge is -1.98. The molecule has 0 spiro atoms. The van der Waals surface area contributed by atoms with Crippen LogP contribution in [0.3, 0.4) is 0 Å². The zero-order chi connectivity index (χ0) is 9.84. The minimum Gasteiger partial charge on any atom is -0.345 e. The van der Waals surface area contributed by atoms with Crippen molar-refractivity contribution < 1.29 is 9.59 Å². The second-order valence-electron chi connectivity index (χ2n) is 2.47. The first kappa shape index (κ1) is 10.4. The van der Waals surface area contributed by atoms with E-state index in [-0.39, 0.29) is 0 Å². The van der Waals surface area contributed by atoms with Crippen LogP contribution in [-0.4, -0.2) is 11.7 Å². The van der Waals surface area contributed by atoms with E-state index >= 15 is 0 Å². The van der Waals surface area contributed by atoms with Gasteiger partial charge < -0.3 is 5.32 Å². The lowest BCUT2D eigenvalue weighted by molar-refractivity contribution is -0.136. The van der Waals surface area contributed by atoms with Gasteiger partial charge in [-0.2, -0.15) is 0 Å². The van der Waals surface area contributed by atoms with Crippen LogP contribution < -0.4 is 5.32 Å². The molecule has 1 heterocycles. The summed E-state index contributed by atoms with van der Waals surface area (Å²) in [7, 11) is 0. The van der Waals surface area contributed by atoms with Gasteiger partial charge in [-0.3, -0.25) is 9.59 Å². The molecule has 70 valence electrons. The van der Waals surface area contributed by atoms with Gasteiger partial charge >= 0.3 is 0 Å².